The van der Waals surface area contributed by atoms with Gasteiger partial charge in [-0.3, -0.25) is 9.59 Å². The average Bonchev–Trinajstić information content (AvgIpc) is 3.52. The molecule has 4 unspecified atom stereocenters. The SMILES string of the molecule is Cc1ccccc1NC(=O)C(c1ccccc1O)N(C(=O)C(CS)NC(=O)OC(C)(C)C)C1CC1C. The highest BCUT2D eigenvalue weighted by atomic mass is 32.1. The lowest BCUT2D eigenvalue weighted by Gasteiger charge is -2.35. The summed E-state index contributed by atoms with van der Waals surface area (Å²) >= 11 is 4.30. The second-order valence-electron chi connectivity index (χ2n) is 10.2. The Bertz CT molecular complexity index is 1120. The Kier molecular flexibility index (Phi) is 8.55. The number of hydrogen-bond acceptors (Lipinski definition) is 6. The molecule has 0 heterocycles. The van der Waals surface area contributed by atoms with Gasteiger partial charge < -0.3 is 25.4 Å². The third-order valence-electron chi connectivity index (χ3n) is 6.01. The van der Waals surface area contributed by atoms with E-state index in [-0.39, 0.29) is 23.5 Å². The van der Waals surface area contributed by atoms with Crippen LogP contribution in [0.2, 0.25) is 0 Å². The van der Waals surface area contributed by atoms with Crippen LogP contribution in [0.25, 0.3) is 0 Å². The van der Waals surface area contributed by atoms with Crippen molar-refractivity contribution in [1.29, 1.82) is 0 Å². The first-order valence-electron chi connectivity index (χ1n) is 12.0. The zero-order valence-corrected chi connectivity index (χ0v) is 22.2. The van der Waals surface area contributed by atoms with E-state index in [1.165, 1.54) is 11.0 Å². The minimum atomic E-state index is -1.13. The smallest absolute Gasteiger partial charge is 0.408 e. The second kappa shape index (κ2) is 11.2. The lowest BCUT2D eigenvalue weighted by molar-refractivity contribution is -0.141. The number of alkyl carbamates (subject to hydrolysis) is 1. The van der Waals surface area contributed by atoms with Crippen molar-refractivity contribution in [3.05, 3.63) is 59.7 Å². The number of nitrogens with one attached hydrogen (secondary N) is 2. The van der Waals surface area contributed by atoms with Gasteiger partial charge in [0.25, 0.3) is 5.91 Å². The van der Waals surface area contributed by atoms with Gasteiger partial charge in [0.2, 0.25) is 5.91 Å². The largest absolute Gasteiger partial charge is 0.508 e. The fourth-order valence-electron chi connectivity index (χ4n) is 4.04. The highest BCUT2D eigenvalue weighted by Crippen LogP contribution is 2.42. The monoisotopic (exact) mass is 513 g/mol. The van der Waals surface area contributed by atoms with Gasteiger partial charge in [-0.05, 0) is 57.7 Å². The van der Waals surface area contributed by atoms with Gasteiger partial charge in [0.15, 0.2) is 0 Å². The maximum Gasteiger partial charge on any atom is 0.408 e. The van der Waals surface area contributed by atoms with Crippen molar-refractivity contribution in [2.45, 2.75) is 64.8 Å². The van der Waals surface area contributed by atoms with Crippen molar-refractivity contribution in [1.82, 2.24) is 10.2 Å². The van der Waals surface area contributed by atoms with Crippen LogP contribution in [0.3, 0.4) is 0 Å². The van der Waals surface area contributed by atoms with E-state index in [1.807, 2.05) is 32.0 Å². The summed E-state index contributed by atoms with van der Waals surface area (Å²) in [5, 5.41) is 16.2. The maximum absolute atomic E-state index is 13.9. The number of nitrogens with zero attached hydrogens (tertiary/aromatic N) is 1. The predicted octanol–water partition coefficient (Wildman–Crippen LogP) is 4.44. The predicted molar refractivity (Wildman–Crippen MR) is 142 cm³/mol. The lowest BCUT2D eigenvalue weighted by atomic mass is 10.0. The van der Waals surface area contributed by atoms with Crippen LogP contribution in [-0.4, -0.2) is 51.4 Å². The van der Waals surface area contributed by atoms with Crippen molar-refractivity contribution in [3.63, 3.8) is 0 Å². The van der Waals surface area contributed by atoms with Crippen LogP contribution in [0.1, 0.15) is 51.3 Å². The van der Waals surface area contributed by atoms with Crippen molar-refractivity contribution < 1.29 is 24.2 Å². The van der Waals surface area contributed by atoms with Gasteiger partial charge in [0.05, 0.1) is 0 Å². The van der Waals surface area contributed by atoms with Gasteiger partial charge in [-0.25, -0.2) is 4.79 Å². The fraction of sp³-hybridized carbons (Fsp3) is 0.444. The standard InChI is InChI=1S/C27H35N3O5S/c1-16-10-6-8-12-19(16)28-24(32)23(18-11-7-9-13-22(18)31)30(21-14-17(21)2)25(33)20(15-36)29-26(34)35-27(3,4)5/h6-13,17,20-21,23,31,36H,14-15H2,1-5H3,(H,28,32)(H,29,34). The van der Waals surface area contributed by atoms with Crippen molar-refractivity contribution >= 4 is 36.2 Å². The molecule has 0 aromatic heterocycles. The van der Waals surface area contributed by atoms with Crippen LogP contribution < -0.4 is 10.6 Å². The zero-order chi connectivity index (χ0) is 26.6. The first kappa shape index (κ1) is 27.4. The summed E-state index contributed by atoms with van der Waals surface area (Å²) in [6, 6.07) is 11.4. The minimum absolute atomic E-state index is 0.00256. The van der Waals surface area contributed by atoms with Gasteiger partial charge in [-0.1, -0.05) is 43.3 Å². The zero-order valence-electron chi connectivity index (χ0n) is 21.3. The summed E-state index contributed by atoms with van der Waals surface area (Å²) in [6.07, 6.45) is -0.0543. The molecule has 2 aromatic carbocycles. The molecule has 194 valence electrons. The number of ether oxygens (including phenoxy) is 1. The number of para-hydroxylation sites is 2. The number of anilines is 1. The summed E-state index contributed by atoms with van der Waals surface area (Å²) in [4.78, 5) is 41.6. The van der Waals surface area contributed by atoms with E-state index < -0.39 is 35.6 Å². The fourth-order valence-corrected chi connectivity index (χ4v) is 4.29. The van der Waals surface area contributed by atoms with Crippen LogP contribution in [0, 0.1) is 12.8 Å². The molecule has 1 aliphatic carbocycles. The lowest BCUT2D eigenvalue weighted by Crippen LogP contribution is -2.54. The van der Waals surface area contributed by atoms with Crippen LogP contribution in [-0.2, 0) is 14.3 Å². The molecule has 8 nitrogen and oxygen atoms in total. The Morgan fingerprint density at radius 2 is 1.75 bits per heavy atom. The molecule has 36 heavy (non-hydrogen) atoms. The molecule has 0 saturated heterocycles. The van der Waals surface area contributed by atoms with Crippen LogP contribution in [0.4, 0.5) is 10.5 Å². The molecule has 0 bridgehead atoms. The van der Waals surface area contributed by atoms with Crippen molar-refractivity contribution in [3.8, 4) is 5.75 Å². The molecular weight excluding hydrogens is 478 g/mol. The topological polar surface area (TPSA) is 108 Å². The molecule has 1 aliphatic rings. The minimum Gasteiger partial charge on any atom is -0.508 e. The van der Waals surface area contributed by atoms with Crippen molar-refractivity contribution in [2.24, 2.45) is 5.92 Å². The number of rotatable bonds is 8. The molecule has 4 atom stereocenters. The quantitative estimate of drug-likeness (QED) is 0.391. The number of phenolic OH excluding ortho intramolecular Hbond substituents is 1. The number of hydrogen-bond donors (Lipinski definition) is 4. The number of phenols is 1. The molecular formula is C27H35N3O5S. The maximum atomic E-state index is 13.9. The van der Waals surface area contributed by atoms with Gasteiger partial charge in [0, 0.05) is 23.0 Å². The Hall–Kier alpha value is -3.20. The van der Waals surface area contributed by atoms with E-state index in [4.69, 9.17) is 4.74 Å². The summed E-state index contributed by atoms with van der Waals surface area (Å²) in [6.45, 7) is 9.05. The third kappa shape index (κ3) is 6.72. The number of aromatic hydroxyl groups is 1. The Morgan fingerprint density at radius 1 is 1.14 bits per heavy atom. The molecule has 1 saturated carbocycles. The number of carbonyl (C=O) groups is 3. The second-order valence-corrected chi connectivity index (χ2v) is 10.5. The molecule has 0 aliphatic heterocycles. The van der Waals surface area contributed by atoms with Gasteiger partial charge in [-0.2, -0.15) is 12.6 Å². The molecule has 3 rings (SSSR count). The number of carbonyl (C=O) groups excluding carboxylic acids is 3. The van der Waals surface area contributed by atoms with E-state index in [2.05, 4.69) is 23.3 Å². The third-order valence-corrected chi connectivity index (χ3v) is 6.38. The number of amides is 3. The van der Waals surface area contributed by atoms with E-state index in [0.717, 1.165) is 5.56 Å². The number of thiol groups is 1. The molecule has 3 N–H and O–H groups in total. The van der Waals surface area contributed by atoms with Gasteiger partial charge >= 0.3 is 6.09 Å². The number of aryl methyl sites for hydroxylation is 1. The summed E-state index contributed by atoms with van der Waals surface area (Å²) in [5.74, 6) is -0.888. The Morgan fingerprint density at radius 3 is 2.31 bits per heavy atom. The normalized spacial score (nSPS) is 18.5. The van der Waals surface area contributed by atoms with Crippen LogP contribution in [0.15, 0.2) is 48.5 Å². The average molecular weight is 514 g/mol. The highest BCUT2D eigenvalue weighted by molar-refractivity contribution is 7.80. The first-order valence-corrected chi connectivity index (χ1v) is 12.6. The summed E-state index contributed by atoms with van der Waals surface area (Å²) in [5.41, 5.74) is 1.02. The molecule has 0 radical (unpaired) electrons. The Labute approximate surface area is 217 Å². The Balaban J connectivity index is 2.00. The molecule has 0 spiro atoms. The van der Waals surface area contributed by atoms with E-state index in [0.29, 0.717) is 17.7 Å². The van der Waals surface area contributed by atoms with E-state index >= 15 is 0 Å². The van der Waals surface area contributed by atoms with E-state index in [1.54, 1.807) is 45.0 Å². The molecule has 2 aromatic rings. The van der Waals surface area contributed by atoms with Crippen LogP contribution >= 0.6 is 12.6 Å². The summed E-state index contributed by atoms with van der Waals surface area (Å²) < 4.78 is 5.33. The van der Waals surface area contributed by atoms with Crippen LogP contribution in [0.5, 0.6) is 5.75 Å². The van der Waals surface area contributed by atoms with Gasteiger partial charge in [0.1, 0.15) is 23.4 Å². The summed E-state index contributed by atoms with van der Waals surface area (Å²) in [7, 11) is 0. The molecule has 9 heteroatoms. The van der Waals surface area contributed by atoms with E-state index in [9.17, 15) is 19.5 Å². The van der Waals surface area contributed by atoms with Crippen molar-refractivity contribution in [2.75, 3.05) is 11.1 Å². The number of benzene rings is 2. The highest BCUT2D eigenvalue weighted by Gasteiger charge is 2.48. The first-order chi connectivity index (χ1) is 16.9. The molecule has 3 amide bonds. The molecule has 1 fully saturated rings. The van der Waals surface area contributed by atoms with Gasteiger partial charge in [-0.15, -0.1) is 0 Å².